The summed E-state index contributed by atoms with van der Waals surface area (Å²) in [7, 11) is 3.55. The van der Waals surface area contributed by atoms with Gasteiger partial charge in [-0.25, -0.2) is 0 Å². The topological polar surface area (TPSA) is 32.3 Å². The number of hydrogen-bond acceptors (Lipinski definition) is 2. The number of aryl methyl sites for hydroxylation is 1. The number of nitrogens with one attached hydrogen (secondary N) is 1. The van der Waals surface area contributed by atoms with Crippen LogP contribution < -0.4 is 5.32 Å². The zero-order valence-corrected chi connectivity index (χ0v) is 11.3. The van der Waals surface area contributed by atoms with Gasteiger partial charge >= 0.3 is 0 Å². The van der Waals surface area contributed by atoms with Crippen LogP contribution in [0.4, 0.5) is 0 Å². The van der Waals surface area contributed by atoms with E-state index in [1.165, 1.54) is 11.1 Å². The lowest BCUT2D eigenvalue weighted by Gasteiger charge is -2.22. The molecule has 1 amide bonds. The fourth-order valence-electron chi connectivity index (χ4n) is 1.78. The van der Waals surface area contributed by atoms with E-state index in [9.17, 15) is 4.79 Å². The van der Waals surface area contributed by atoms with Gasteiger partial charge < -0.3 is 4.90 Å². The van der Waals surface area contributed by atoms with E-state index >= 15 is 0 Å². The molecule has 1 aromatic carbocycles. The Balaban J connectivity index is 2.63. The molecular weight excluding hydrogens is 212 g/mol. The normalized spacial score (nSPS) is 14.2. The Kier molecular flexibility index (Phi) is 4.70. The number of carbonyl (C=O) groups excluding carboxylic acids is 1. The first kappa shape index (κ1) is 13.7. The zero-order valence-electron chi connectivity index (χ0n) is 11.3. The molecule has 2 atom stereocenters. The highest BCUT2D eigenvalue weighted by Crippen LogP contribution is 2.13. The first-order valence-corrected chi connectivity index (χ1v) is 5.95. The fraction of sp³-hybridized carbons (Fsp3) is 0.500. The largest absolute Gasteiger partial charge is 0.347 e. The summed E-state index contributed by atoms with van der Waals surface area (Å²) in [6, 6.07) is 8.38. The van der Waals surface area contributed by atoms with Crippen molar-refractivity contribution in [2.75, 3.05) is 14.1 Å². The number of rotatable bonds is 4. The molecule has 0 radical (unpaired) electrons. The average Bonchev–Trinajstić information content (AvgIpc) is 2.28. The van der Waals surface area contributed by atoms with E-state index in [2.05, 4.69) is 43.4 Å². The molecule has 0 saturated heterocycles. The predicted octanol–water partition coefficient (Wildman–Crippen LogP) is 2.12. The minimum Gasteiger partial charge on any atom is -0.347 e. The lowest BCUT2D eigenvalue weighted by atomic mass is 10.1. The van der Waals surface area contributed by atoms with Gasteiger partial charge in [0.05, 0.1) is 6.04 Å². The second kappa shape index (κ2) is 5.82. The summed E-state index contributed by atoms with van der Waals surface area (Å²) in [5.41, 5.74) is 2.45. The summed E-state index contributed by atoms with van der Waals surface area (Å²) in [4.78, 5) is 13.3. The molecule has 0 aliphatic rings. The van der Waals surface area contributed by atoms with Crippen molar-refractivity contribution in [3.63, 3.8) is 0 Å². The van der Waals surface area contributed by atoms with Crippen LogP contribution in [-0.4, -0.2) is 30.9 Å². The van der Waals surface area contributed by atoms with Crippen molar-refractivity contribution in [2.24, 2.45) is 0 Å². The second-order valence-corrected chi connectivity index (χ2v) is 4.75. The number of likely N-dealkylation sites (N-methyl/N-ethyl adjacent to an activating group) is 1. The Bertz CT molecular complexity index is 370. The molecule has 1 rings (SSSR count). The van der Waals surface area contributed by atoms with E-state index in [4.69, 9.17) is 0 Å². The molecule has 0 bridgehead atoms. The molecule has 3 nitrogen and oxygen atoms in total. The first-order valence-electron chi connectivity index (χ1n) is 5.95. The van der Waals surface area contributed by atoms with E-state index < -0.39 is 0 Å². The Morgan fingerprint density at radius 1 is 1.18 bits per heavy atom. The van der Waals surface area contributed by atoms with Crippen molar-refractivity contribution in [3.8, 4) is 0 Å². The lowest BCUT2D eigenvalue weighted by Crippen LogP contribution is -2.42. The van der Waals surface area contributed by atoms with Gasteiger partial charge in [0.2, 0.25) is 5.91 Å². The van der Waals surface area contributed by atoms with E-state index in [0.29, 0.717) is 0 Å². The molecule has 0 heterocycles. The fourth-order valence-corrected chi connectivity index (χ4v) is 1.78. The average molecular weight is 234 g/mol. The maximum Gasteiger partial charge on any atom is 0.238 e. The van der Waals surface area contributed by atoms with E-state index in [1.54, 1.807) is 19.0 Å². The monoisotopic (exact) mass is 234 g/mol. The van der Waals surface area contributed by atoms with Crippen LogP contribution in [-0.2, 0) is 4.79 Å². The highest BCUT2D eigenvalue weighted by Gasteiger charge is 2.17. The Labute approximate surface area is 104 Å². The molecule has 17 heavy (non-hydrogen) atoms. The molecule has 94 valence electrons. The van der Waals surface area contributed by atoms with Gasteiger partial charge in [0.1, 0.15) is 0 Å². The molecule has 3 heteroatoms. The van der Waals surface area contributed by atoms with Gasteiger partial charge in [-0.2, -0.15) is 0 Å². The van der Waals surface area contributed by atoms with Gasteiger partial charge in [0.25, 0.3) is 0 Å². The van der Waals surface area contributed by atoms with Crippen molar-refractivity contribution in [1.29, 1.82) is 0 Å². The van der Waals surface area contributed by atoms with Gasteiger partial charge in [0.15, 0.2) is 0 Å². The van der Waals surface area contributed by atoms with Crippen molar-refractivity contribution < 1.29 is 4.79 Å². The van der Waals surface area contributed by atoms with Crippen LogP contribution in [0.5, 0.6) is 0 Å². The maximum absolute atomic E-state index is 11.7. The first-order chi connectivity index (χ1) is 7.91. The van der Waals surface area contributed by atoms with Crippen LogP contribution in [0.25, 0.3) is 0 Å². The highest BCUT2D eigenvalue weighted by atomic mass is 16.2. The number of benzene rings is 1. The smallest absolute Gasteiger partial charge is 0.238 e. The Hall–Kier alpha value is -1.35. The molecule has 0 aromatic heterocycles. The number of carbonyl (C=O) groups is 1. The standard InChI is InChI=1S/C14H22N2O/c1-10-6-8-13(9-7-10)11(2)15-12(3)14(17)16(4)5/h6-9,11-12,15H,1-5H3. The molecule has 0 fully saturated rings. The quantitative estimate of drug-likeness (QED) is 0.865. The minimum atomic E-state index is -0.165. The summed E-state index contributed by atoms with van der Waals surface area (Å²) in [6.45, 7) is 6.04. The van der Waals surface area contributed by atoms with Crippen LogP contribution in [0.1, 0.15) is 31.0 Å². The number of amides is 1. The third-order valence-corrected chi connectivity index (χ3v) is 2.89. The van der Waals surface area contributed by atoms with Gasteiger partial charge in [0, 0.05) is 20.1 Å². The van der Waals surface area contributed by atoms with Crippen LogP contribution in [0.3, 0.4) is 0 Å². The SMILES string of the molecule is Cc1ccc(C(C)NC(C)C(=O)N(C)C)cc1. The summed E-state index contributed by atoms with van der Waals surface area (Å²) in [6.07, 6.45) is 0. The second-order valence-electron chi connectivity index (χ2n) is 4.75. The summed E-state index contributed by atoms with van der Waals surface area (Å²) >= 11 is 0. The molecular formula is C14H22N2O. The minimum absolute atomic E-state index is 0.101. The van der Waals surface area contributed by atoms with Crippen LogP contribution in [0, 0.1) is 6.92 Å². The third-order valence-electron chi connectivity index (χ3n) is 2.89. The third kappa shape index (κ3) is 3.86. The van der Waals surface area contributed by atoms with Crippen LogP contribution in [0.2, 0.25) is 0 Å². The van der Waals surface area contributed by atoms with Gasteiger partial charge in [-0.3, -0.25) is 10.1 Å². The maximum atomic E-state index is 11.7. The van der Waals surface area contributed by atoms with Gasteiger partial charge in [-0.05, 0) is 26.3 Å². The van der Waals surface area contributed by atoms with Gasteiger partial charge in [-0.1, -0.05) is 29.8 Å². The molecule has 0 aliphatic heterocycles. The van der Waals surface area contributed by atoms with Crippen molar-refractivity contribution in [3.05, 3.63) is 35.4 Å². The summed E-state index contributed by atoms with van der Waals surface area (Å²) in [5.74, 6) is 0.101. The van der Waals surface area contributed by atoms with Crippen molar-refractivity contribution >= 4 is 5.91 Å². The van der Waals surface area contributed by atoms with Crippen molar-refractivity contribution in [2.45, 2.75) is 32.9 Å². The van der Waals surface area contributed by atoms with E-state index in [-0.39, 0.29) is 18.0 Å². The van der Waals surface area contributed by atoms with Crippen LogP contribution >= 0.6 is 0 Å². The predicted molar refractivity (Wildman–Crippen MR) is 70.9 cm³/mol. The number of hydrogen-bond donors (Lipinski definition) is 1. The molecule has 1 N–H and O–H groups in total. The van der Waals surface area contributed by atoms with Crippen LogP contribution in [0.15, 0.2) is 24.3 Å². The molecule has 0 saturated carbocycles. The van der Waals surface area contributed by atoms with Gasteiger partial charge in [-0.15, -0.1) is 0 Å². The molecule has 0 aliphatic carbocycles. The highest BCUT2D eigenvalue weighted by molar-refractivity contribution is 5.80. The number of nitrogens with zero attached hydrogens (tertiary/aromatic N) is 1. The zero-order chi connectivity index (χ0) is 13.0. The lowest BCUT2D eigenvalue weighted by molar-refractivity contribution is -0.130. The summed E-state index contributed by atoms with van der Waals surface area (Å²) in [5, 5.41) is 3.31. The van der Waals surface area contributed by atoms with E-state index in [0.717, 1.165) is 0 Å². The molecule has 0 spiro atoms. The molecule has 2 unspecified atom stereocenters. The van der Waals surface area contributed by atoms with Crippen molar-refractivity contribution in [1.82, 2.24) is 10.2 Å². The Morgan fingerprint density at radius 3 is 2.18 bits per heavy atom. The Morgan fingerprint density at radius 2 is 1.71 bits per heavy atom. The molecule has 1 aromatic rings. The summed E-state index contributed by atoms with van der Waals surface area (Å²) < 4.78 is 0. The van der Waals surface area contributed by atoms with E-state index in [1.807, 2.05) is 6.92 Å².